The molecule has 206 valence electrons. The lowest BCUT2D eigenvalue weighted by atomic mass is 10.1. The zero-order valence-electron chi connectivity index (χ0n) is 21.5. The lowest BCUT2D eigenvalue weighted by molar-refractivity contribution is -0.126. The molecule has 5 rings (SSSR count). The molecule has 9 nitrogen and oxygen atoms in total. The standard InChI is InChI=1S/C27H29F2N5O4S/c1-14-11-30-27(31-17-5-7-38-8-6-17)33-24(14)22-10-18-23(39-22)12-34(26(18)37)15(2)25(36)32-21(13-35)16-3-4-19(28)20(29)9-16/h3-4,9-11,15,17,21,35H,5-8,12-13H2,1-2H3,(H,32,36)(H,30,31,33)/t15-,21-/m1/s1. The van der Waals surface area contributed by atoms with Crippen molar-refractivity contribution in [1.82, 2.24) is 20.2 Å². The van der Waals surface area contributed by atoms with E-state index in [1.54, 1.807) is 19.2 Å². The number of fused-ring (bicyclic) bond motifs is 1. The molecule has 2 amide bonds. The number of hydrogen-bond donors (Lipinski definition) is 3. The van der Waals surface area contributed by atoms with Crippen LogP contribution in [0.1, 0.15) is 52.2 Å². The summed E-state index contributed by atoms with van der Waals surface area (Å²) in [5.74, 6) is -2.36. The molecule has 3 N–H and O–H groups in total. The molecule has 0 spiro atoms. The van der Waals surface area contributed by atoms with Gasteiger partial charge in [-0.3, -0.25) is 9.59 Å². The van der Waals surface area contributed by atoms with Crippen molar-refractivity contribution in [3.8, 4) is 10.6 Å². The number of benzene rings is 1. The van der Waals surface area contributed by atoms with E-state index in [9.17, 15) is 23.5 Å². The molecule has 0 saturated carbocycles. The highest BCUT2D eigenvalue weighted by atomic mass is 32.1. The second-order valence-corrected chi connectivity index (χ2v) is 10.9. The molecule has 2 aromatic heterocycles. The number of aliphatic hydroxyl groups excluding tert-OH is 1. The topological polar surface area (TPSA) is 117 Å². The number of nitrogens with zero attached hydrogens (tertiary/aromatic N) is 3. The molecule has 0 aliphatic carbocycles. The summed E-state index contributed by atoms with van der Waals surface area (Å²) >= 11 is 1.45. The van der Waals surface area contributed by atoms with Gasteiger partial charge < -0.3 is 25.4 Å². The van der Waals surface area contributed by atoms with Gasteiger partial charge in [0.05, 0.1) is 35.3 Å². The van der Waals surface area contributed by atoms with E-state index in [4.69, 9.17) is 9.72 Å². The SMILES string of the molecule is Cc1cnc(NC2CCOCC2)nc1-c1cc2c(s1)CN([C@H](C)C(=O)N[C@H](CO)c1ccc(F)c(F)c1)C2=O. The van der Waals surface area contributed by atoms with Gasteiger partial charge in [0, 0.05) is 30.3 Å². The third-order valence-electron chi connectivity index (χ3n) is 7.07. The van der Waals surface area contributed by atoms with Gasteiger partial charge >= 0.3 is 0 Å². The summed E-state index contributed by atoms with van der Waals surface area (Å²) in [6.07, 6.45) is 3.53. The van der Waals surface area contributed by atoms with Gasteiger partial charge in [-0.25, -0.2) is 18.7 Å². The van der Waals surface area contributed by atoms with E-state index < -0.39 is 36.2 Å². The summed E-state index contributed by atoms with van der Waals surface area (Å²) in [6.45, 7) is 4.65. The zero-order chi connectivity index (χ0) is 27.7. The Bertz CT molecular complexity index is 1390. The molecule has 0 unspecified atom stereocenters. The van der Waals surface area contributed by atoms with Crippen molar-refractivity contribution < 1.29 is 28.2 Å². The third-order valence-corrected chi connectivity index (χ3v) is 8.19. The van der Waals surface area contributed by atoms with E-state index >= 15 is 0 Å². The highest BCUT2D eigenvalue weighted by Gasteiger charge is 2.36. The molecule has 12 heteroatoms. The molecule has 2 atom stereocenters. The largest absolute Gasteiger partial charge is 0.394 e. The number of carbonyl (C=O) groups excluding carboxylic acids is 2. The van der Waals surface area contributed by atoms with Crippen molar-refractivity contribution in [2.45, 2.75) is 51.4 Å². The van der Waals surface area contributed by atoms with Gasteiger partial charge in [0.15, 0.2) is 11.6 Å². The fourth-order valence-electron chi connectivity index (χ4n) is 4.72. The number of aromatic nitrogens is 2. The monoisotopic (exact) mass is 557 g/mol. The summed E-state index contributed by atoms with van der Waals surface area (Å²) < 4.78 is 32.4. The van der Waals surface area contributed by atoms with Gasteiger partial charge in [-0.2, -0.15) is 0 Å². The number of aliphatic hydroxyl groups is 1. The first-order valence-corrected chi connectivity index (χ1v) is 13.5. The van der Waals surface area contributed by atoms with E-state index in [1.807, 2.05) is 6.92 Å². The Labute approximate surface area is 228 Å². The quantitative estimate of drug-likeness (QED) is 0.388. The molecule has 2 aliphatic rings. The number of hydrogen-bond acceptors (Lipinski definition) is 8. The highest BCUT2D eigenvalue weighted by Crippen LogP contribution is 2.38. The summed E-state index contributed by atoms with van der Waals surface area (Å²) in [7, 11) is 0. The van der Waals surface area contributed by atoms with Gasteiger partial charge in [-0.05, 0) is 56.0 Å². The number of ether oxygens (including phenoxy) is 1. The number of halogens is 2. The second kappa shape index (κ2) is 11.3. The fraction of sp³-hybridized carbons (Fsp3) is 0.407. The van der Waals surface area contributed by atoms with Crippen LogP contribution in [0.15, 0.2) is 30.5 Å². The normalized spacial score (nSPS) is 17.2. The van der Waals surface area contributed by atoms with E-state index in [0.29, 0.717) is 24.7 Å². The van der Waals surface area contributed by atoms with E-state index in [0.717, 1.165) is 46.0 Å². The Kier molecular flexibility index (Phi) is 7.87. The number of aryl methyl sites for hydroxylation is 1. The minimum absolute atomic E-state index is 0.222. The number of rotatable bonds is 8. The number of carbonyl (C=O) groups is 2. The van der Waals surface area contributed by atoms with Crippen LogP contribution in [-0.2, 0) is 16.1 Å². The first-order valence-electron chi connectivity index (χ1n) is 12.7. The molecule has 4 heterocycles. The predicted octanol–water partition coefficient (Wildman–Crippen LogP) is 3.58. The Hall–Kier alpha value is -3.48. The van der Waals surface area contributed by atoms with Crippen LogP contribution in [0, 0.1) is 18.6 Å². The average Bonchev–Trinajstić information content (AvgIpc) is 3.49. The van der Waals surface area contributed by atoms with Crippen LogP contribution < -0.4 is 10.6 Å². The van der Waals surface area contributed by atoms with Crippen LogP contribution in [0.25, 0.3) is 10.6 Å². The average molecular weight is 558 g/mol. The first kappa shape index (κ1) is 27.1. The third kappa shape index (κ3) is 5.63. The minimum Gasteiger partial charge on any atom is -0.394 e. The minimum atomic E-state index is -1.08. The van der Waals surface area contributed by atoms with E-state index in [-0.39, 0.29) is 24.1 Å². The predicted molar refractivity (Wildman–Crippen MR) is 141 cm³/mol. The van der Waals surface area contributed by atoms with Gasteiger partial charge in [0.2, 0.25) is 11.9 Å². The lowest BCUT2D eigenvalue weighted by Crippen LogP contribution is -2.46. The van der Waals surface area contributed by atoms with Crippen LogP contribution in [0.4, 0.5) is 14.7 Å². The van der Waals surface area contributed by atoms with Crippen molar-refractivity contribution >= 4 is 29.1 Å². The van der Waals surface area contributed by atoms with Crippen molar-refractivity contribution in [1.29, 1.82) is 0 Å². The molecule has 39 heavy (non-hydrogen) atoms. The number of amides is 2. The Balaban J connectivity index is 1.27. The number of nitrogens with one attached hydrogen (secondary N) is 2. The molecule has 0 radical (unpaired) electrons. The maximum absolute atomic E-state index is 13.7. The highest BCUT2D eigenvalue weighted by molar-refractivity contribution is 7.16. The first-order chi connectivity index (χ1) is 18.7. The van der Waals surface area contributed by atoms with Crippen molar-refractivity contribution in [3.63, 3.8) is 0 Å². The second-order valence-electron chi connectivity index (χ2n) is 9.73. The zero-order valence-corrected chi connectivity index (χ0v) is 22.4. The van der Waals surface area contributed by atoms with Crippen LogP contribution in [0.3, 0.4) is 0 Å². The van der Waals surface area contributed by atoms with Crippen molar-refractivity contribution in [2.75, 3.05) is 25.1 Å². The number of thiophene rings is 1. The molecule has 1 fully saturated rings. The van der Waals surface area contributed by atoms with Gasteiger partial charge in [0.25, 0.3) is 5.91 Å². The maximum atomic E-state index is 13.7. The molecular weight excluding hydrogens is 528 g/mol. The van der Waals surface area contributed by atoms with E-state index in [2.05, 4.69) is 15.6 Å². The summed E-state index contributed by atoms with van der Waals surface area (Å²) in [5, 5.41) is 15.7. The van der Waals surface area contributed by atoms with Gasteiger partial charge in [0.1, 0.15) is 6.04 Å². The van der Waals surface area contributed by atoms with Crippen LogP contribution in [0.5, 0.6) is 0 Å². The van der Waals surface area contributed by atoms with Gasteiger partial charge in [-0.15, -0.1) is 11.3 Å². The summed E-state index contributed by atoms with van der Waals surface area (Å²) in [6, 6.07) is 3.42. The Morgan fingerprint density at radius 1 is 1.26 bits per heavy atom. The van der Waals surface area contributed by atoms with Gasteiger partial charge in [-0.1, -0.05) is 6.07 Å². The maximum Gasteiger partial charge on any atom is 0.256 e. The molecule has 1 saturated heterocycles. The lowest BCUT2D eigenvalue weighted by Gasteiger charge is -2.26. The fourth-order valence-corrected chi connectivity index (χ4v) is 5.93. The van der Waals surface area contributed by atoms with Crippen molar-refractivity contribution in [3.05, 3.63) is 63.7 Å². The summed E-state index contributed by atoms with van der Waals surface area (Å²) in [5.41, 5.74) is 2.38. The van der Waals surface area contributed by atoms with E-state index in [1.165, 1.54) is 22.3 Å². The molecular formula is C27H29F2N5O4S. The Morgan fingerprint density at radius 2 is 2.03 bits per heavy atom. The Morgan fingerprint density at radius 3 is 2.72 bits per heavy atom. The smallest absolute Gasteiger partial charge is 0.256 e. The van der Waals surface area contributed by atoms with Crippen LogP contribution in [-0.4, -0.2) is 63.7 Å². The van der Waals surface area contributed by atoms with Crippen LogP contribution >= 0.6 is 11.3 Å². The number of anilines is 1. The molecule has 3 aromatic rings. The van der Waals surface area contributed by atoms with Crippen LogP contribution in [0.2, 0.25) is 0 Å². The molecule has 1 aromatic carbocycles. The van der Waals surface area contributed by atoms with Crippen molar-refractivity contribution in [2.24, 2.45) is 0 Å². The molecule has 0 bridgehead atoms. The molecule has 2 aliphatic heterocycles. The summed E-state index contributed by atoms with van der Waals surface area (Å²) in [4.78, 5) is 38.5.